The molecule has 1 heterocycles. The van der Waals surface area contributed by atoms with Gasteiger partial charge in [0.1, 0.15) is 5.75 Å². The van der Waals surface area contributed by atoms with E-state index in [1.54, 1.807) is 24.2 Å². The Hall–Kier alpha value is -3.08. The summed E-state index contributed by atoms with van der Waals surface area (Å²) in [6.45, 7) is 0.953. The average Bonchev–Trinajstić information content (AvgIpc) is 3.12. The fraction of sp³-hybridized carbons (Fsp3) is 0.200. The maximum absolute atomic E-state index is 12.1. The predicted octanol–water partition coefficient (Wildman–Crippen LogP) is 3.34. The Balaban J connectivity index is 1.49. The van der Waals surface area contributed by atoms with E-state index in [2.05, 4.69) is 5.10 Å². The van der Waals surface area contributed by atoms with Gasteiger partial charge >= 0.3 is 5.97 Å². The summed E-state index contributed by atoms with van der Waals surface area (Å²) in [7, 11) is 1.63. The van der Waals surface area contributed by atoms with Gasteiger partial charge < -0.3 is 9.47 Å². The van der Waals surface area contributed by atoms with Crippen LogP contribution in [0, 0.1) is 0 Å². The molecule has 25 heavy (non-hydrogen) atoms. The summed E-state index contributed by atoms with van der Waals surface area (Å²) in [6.07, 6.45) is 3.91. The van der Waals surface area contributed by atoms with E-state index in [1.807, 2.05) is 54.6 Å². The first kappa shape index (κ1) is 16.8. The molecule has 0 spiro atoms. The van der Waals surface area contributed by atoms with Gasteiger partial charge in [-0.2, -0.15) is 5.10 Å². The molecule has 0 atom stereocenters. The summed E-state index contributed by atoms with van der Waals surface area (Å²) in [4.78, 5) is 12.1. The first-order chi connectivity index (χ1) is 12.2. The van der Waals surface area contributed by atoms with Crippen LogP contribution >= 0.6 is 0 Å². The smallest absolute Gasteiger partial charge is 0.341 e. The zero-order valence-electron chi connectivity index (χ0n) is 14.1. The molecular formula is C20H20N2O3. The number of nitrogens with zero attached hydrogens (tertiary/aromatic N) is 2. The fourth-order valence-corrected chi connectivity index (χ4v) is 2.46. The molecule has 0 aliphatic heterocycles. The van der Waals surface area contributed by atoms with Crippen LogP contribution in [0.1, 0.15) is 21.5 Å². The summed E-state index contributed by atoms with van der Waals surface area (Å²) in [6, 6.07) is 17.7. The van der Waals surface area contributed by atoms with Gasteiger partial charge in [-0.3, -0.25) is 4.68 Å². The second-order valence-electron chi connectivity index (χ2n) is 5.65. The Morgan fingerprint density at radius 2 is 1.80 bits per heavy atom. The lowest BCUT2D eigenvalue weighted by atomic mass is 10.1. The van der Waals surface area contributed by atoms with Gasteiger partial charge in [0.05, 0.1) is 32.0 Å². The summed E-state index contributed by atoms with van der Waals surface area (Å²) in [5, 5.41) is 4.22. The second kappa shape index (κ2) is 8.15. The first-order valence-corrected chi connectivity index (χ1v) is 8.11. The van der Waals surface area contributed by atoms with E-state index in [-0.39, 0.29) is 5.97 Å². The van der Waals surface area contributed by atoms with Gasteiger partial charge in [0, 0.05) is 12.6 Å². The molecule has 0 saturated carbocycles. The first-order valence-electron chi connectivity index (χ1n) is 8.11. The quantitative estimate of drug-likeness (QED) is 0.621. The van der Waals surface area contributed by atoms with Crippen molar-refractivity contribution in [2.75, 3.05) is 13.7 Å². The third kappa shape index (κ3) is 4.70. The predicted molar refractivity (Wildman–Crippen MR) is 94.8 cm³/mol. The van der Waals surface area contributed by atoms with Crippen molar-refractivity contribution in [1.29, 1.82) is 0 Å². The van der Waals surface area contributed by atoms with Gasteiger partial charge in [0.2, 0.25) is 0 Å². The van der Waals surface area contributed by atoms with Crippen LogP contribution in [-0.2, 0) is 17.7 Å². The molecule has 128 valence electrons. The van der Waals surface area contributed by atoms with Crippen LogP contribution in [0.5, 0.6) is 5.75 Å². The van der Waals surface area contributed by atoms with E-state index in [0.717, 1.165) is 16.9 Å². The third-order valence-corrected chi connectivity index (χ3v) is 3.84. The molecule has 5 heteroatoms. The number of ether oxygens (including phenoxy) is 2. The lowest BCUT2D eigenvalue weighted by Gasteiger charge is -2.05. The van der Waals surface area contributed by atoms with Crippen LogP contribution in [0.4, 0.5) is 0 Å². The molecule has 0 aliphatic rings. The molecule has 0 fully saturated rings. The molecule has 0 amide bonds. The van der Waals surface area contributed by atoms with Crippen LogP contribution in [-0.4, -0.2) is 29.5 Å². The number of hydrogen-bond acceptors (Lipinski definition) is 4. The number of benzene rings is 2. The molecule has 0 aliphatic carbocycles. The van der Waals surface area contributed by atoms with Crippen molar-refractivity contribution in [1.82, 2.24) is 9.78 Å². The topological polar surface area (TPSA) is 53.4 Å². The summed E-state index contributed by atoms with van der Waals surface area (Å²) < 4.78 is 12.2. The molecule has 0 bridgehead atoms. The molecule has 0 N–H and O–H groups in total. The van der Waals surface area contributed by atoms with Crippen molar-refractivity contribution in [2.24, 2.45) is 0 Å². The zero-order chi connectivity index (χ0) is 17.5. The molecule has 3 rings (SSSR count). The van der Waals surface area contributed by atoms with Crippen LogP contribution < -0.4 is 4.74 Å². The fourth-order valence-electron chi connectivity index (χ4n) is 2.46. The third-order valence-electron chi connectivity index (χ3n) is 3.84. The standard InChI is InChI=1S/C20H20N2O3/c1-24-19-9-7-16(8-10-19)11-12-25-20(23)18-13-21-22(15-18)14-17-5-3-2-4-6-17/h2-10,13,15H,11-12,14H2,1H3. The average molecular weight is 336 g/mol. The van der Waals surface area contributed by atoms with Gasteiger partial charge in [-0.1, -0.05) is 42.5 Å². The number of rotatable bonds is 7. The maximum atomic E-state index is 12.1. The molecule has 5 nitrogen and oxygen atoms in total. The normalized spacial score (nSPS) is 10.4. The molecular weight excluding hydrogens is 316 g/mol. The van der Waals surface area contributed by atoms with E-state index >= 15 is 0 Å². The van der Waals surface area contributed by atoms with Crippen LogP contribution in [0.2, 0.25) is 0 Å². The SMILES string of the molecule is COc1ccc(CCOC(=O)c2cnn(Cc3ccccc3)c2)cc1. The molecule has 2 aromatic carbocycles. The van der Waals surface area contributed by atoms with Gasteiger partial charge in [0.15, 0.2) is 0 Å². The Morgan fingerprint density at radius 1 is 1.04 bits per heavy atom. The van der Waals surface area contributed by atoms with Gasteiger partial charge in [0.25, 0.3) is 0 Å². The molecule has 0 saturated heterocycles. The Morgan fingerprint density at radius 3 is 2.52 bits per heavy atom. The van der Waals surface area contributed by atoms with Gasteiger partial charge in [-0.15, -0.1) is 0 Å². The second-order valence-corrected chi connectivity index (χ2v) is 5.65. The van der Waals surface area contributed by atoms with Crippen molar-refractivity contribution in [3.8, 4) is 5.75 Å². The summed E-state index contributed by atoms with van der Waals surface area (Å²) in [5.41, 5.74) is 2.68. The van der Waals surface area contributed by atoms with Crippen molar-refractivity contribution in [2.45, 2.75) is 13.0 Å². The minimum Gasteiger partial charge on any atom is -0.497 e. The minimum absolute atomic E-state index is 0.328. The van der Waals surface area contributed by atoms with Crippen molar-refractivity contribution in [3.05, 3.63) is 83.7 Å². The molecule has 3 aromatic rings. The Labute approximate surface area is 146 Å². The van der Waals surface area contributed by atoms with Crippen LogP contribution in [0.25, 0.3) is 0 Å². The molecule has 0 unspecified atom stereocenters. The van der Waals surface area contributed by atoms with Gasteiger partial charge in [-0.25, -0.2) is 4.79 Å². The molecule has 1 aromatic heterocycles. The van der Waals surface area contributed by atoms with Crippen LogP contribution in [0.15, 0.2) is 67.0 Å². The van der Waals surface area contributed by atoms with Crippen molar-refractivity contribution < 1.29 is 14.3 Å². The van der Waals surface area contributed by atoms with Crippen LogP contribution in [0.3, 0.4) is 0 Å². The van der Waals surface area contributed by atoms with Crippen molar-refractivity contribution >= 4 is 5.97 Å². The van der Waals surface area contributed by atoms with Gasteiger partial charge in [-0.05, 0) is 23.3 Å². The van der Waals surface area contributed by atoms with E-state index in [4.69, 9.17) is 9.47 Å². The maximum Gasteiger partial charge on any atom is 0.341 e. The summed E-state index contributed by atoms with van der Waals surface area (Å²) in [5.74, 6) is 0.458. The highest BCUT2D eigenvalue weighted by Gasteiger charge is 2.10. The number of carbonyl (C=O) groups excluding carboxylic acids is 1. The van der Waals surface area contributed by atoms with E-state index in [1.165, 1.54) is 0 Å². The number of methoxy groups -OCH3 is 1. The number of carbonyl (C=O) groups is 1. The molecule has 0 radical (unpaired) electrons. The van der Waals surface area contributed by atoms with E-state index in [9.17, 15) is 4.79 Å². The lowest BCUT2D eigenvalue weighted by Crippen LogP contribution is -2.07. The van der Waals surface area contributed by atoms with E-state index in [0.29, 0.717) is 25.1 Å². The number of esters is 1. The summed E-state index contributed by atoms with van der Waals surface area (Å²) >= 11 is 0. The zero-order valence-corrected chi connectivity index (χ0v) is 14.1. The number of aromatic nitrogens is 2. The highest BCUT2D eigenvalue weighted by atomic mass is 16.5. The largest absolute Gasteiger partial charge is 0.497 e. The lowest BCUT2D eigenvalue weighted by molar-refractivity contribution is 0.0509. The minimum atomic E-state index is -0.354. The van der Waals surface area contributed by atoms with Crippen molar-refractivity contribution in [3.63, 3.8) is 0 Å². The monoisotopic (exact) mass is 336 g/mol. The number of hydrogen-bond donors (Lipinski definition) is 0. The highest BCUT2D eigenvalue weighted by Crippen LogP contribution is 2.12. The van der Waals surface area contributed by atoms with E-state index < -0.39 is 0 Å². The highest BCUT2D eigenvalue weighted by molar-refractivity contribution is 5.88. The Bertz CT molecular complexity index is 810. The Kier molecular flexibility index (Phi) is 5.46.